The molecule has 0 radical (unpaired) electrons. The normalized spacial score (nSPS) is 22.4. The van der Waals surface area contributed by atoms with Crippen molar-refractivity contribution in [1.82, 2.24) is 9.97 Å². The highest BCUT2D eigenvalue weighted by molar-refractivity contribution is 6.29. The smallest absolute Gasteiger partial charge is 0.226 e. The minimum atomic E-state index is 0.521. The molecular formula is C10H14ClN3. The molecule has 1 aromatic rings. The van der Waals surface area contributed by atoms with Crippen LogP contribution in [0.2, 0.25) is 5.15 Å². The molecule has 0 bridgehead atoms. The van der Waals surface area contributed by atoms with Crippen LogP contribution in [-0.4, -0.2) is 22.6 Å². The van der Waals surface area contributed by atoms with E-state index in [-0.39, 0.29) is 0 Å². The summed E-state index contributed by atoms with van der Waals surface area (Å²) in [6.45, 7) is 3.25. The molecule has 0 amide bonds. The van der Waals surface area contributed by atoms with Gasteiger partial charge in [-0.1, -0.05) is 11.6 Å². The molecule has 0 aromatic carbocycles. The van der Waals surface area contributed by atoms with Gasteiger partial charge in [-0.15, -0.1) is 0 Å². The predicted molar refractivity (Wildman–Crippen MR) is 57.7 cm³/mol. The Kier molecular flexibility index (Phi) is 2.87. The molecule has 2 heterocycles. The van der Waals surface area contributed by atoms with Gasteiger partial charge in [-0.2, -0.15) is 0 Å². The lowest BCUT2D eigenvalue weighted by Gasteiger charge is -2.33. The average molecular weight is 212 g/mol. The van der Waals surface area contributed by atoms with Gasteiger partial charge in [0.1, 0.15) is 5.15 Å². The van der Waals surface area contributed by atoms with Gasteiger partial charge >= 0.3 is 0 Å². The standard InChI is InChI=1S/C10H14ClN3/c1-8-4-2-3-7-14(8)10-12-6-5-9(11)13-10/h5-6,8H,2-4,7H2,1H3. The van der Waals surface area contributed by atoms with Crippen molar-refractivity contribution in [2.45, 2.75) is 32.2 Å². The van der Waals surface area contributed by atoms with Gasteiger partial charge < -0.3 is 4.90 Å². The van der Waals surface area contributed by atoms with Crippen LogP contribution < -0.4 is 4.90 Å². The van der Waals surface area contributed by atoms with Gasteiger partial charge in [0, 0.05) is 18.8 Å². The maximum absolute atomic E-state index is 5.83. The van der Waals surface area contributed by atoms with E-state index in [0.717, 1.165) is 12.5 Å². The van der Waals surface area contributed by atoms with E-state index >= 15 is 0 Å². The van der Waals surface area contributed by atoms with Crippen LogP contribution >= 0.6 is 11.6 Å². The molecule has 0 saturated carbocycles. The van der Waals surface area contributed by atoms with Crippen molar-refractivity contribution in [3.05, 3.63) is 17.4 Å². The van der Waals surface area contributed by atoms with Crippen LogP contribution in [0.25, 0.3) is 0 Å². The second kappa shape index (κ2) is 4.13. The molecule has 2 rings (SSSR count). The summed E-state index contributed by atoms with van der Waals surface area (Å²) < 4.78 is 0. The minimum Gasteiger partial charge on any atom is -0.338 e. The summed E-state index contributed by atoms with van der Waals surface area (Å²) in [5.41, 5.74) is 0. The molecule has 1 aliphatic heterocycles. The number of hydrogen-bond donors (Lipinski definition) is 0. The Morgan fingerprint density at radius 3 is 3.07 bits per heavy atom. The average Bonchev–Trinajstić information content (AvgIpc) is 2.18. The molecule has 0 spiro atoms. The number of piperidine rings is 1. The zero-order chi connectivity index (χ0) is 9.97. The van der Waals surface area contributed by atoms with E-state index in [1.165, 1.54) is 19.3 Å². The second-order valence-electron chi connectivity index (χ2n) is 3.72. The van der Waals surface area contributed by atoms with Crippen LogP contribution in [0.5, 0.6) is 0 Å². The third-order valence-corrected chi connectivity index (χ3v) is 2.88. The Bertz CT molecular complexity index is 316. The van der Waals surface area contributed by atoms with E-state index in [4.69, 9.17) is 11.6 Å². The van der Waals surface area contributed by atoms with Crippen molar-refractivity contribution < 1.29 is 0 Å². The Labute approximate surface area is 89.1 Å². The fraction of sp³-hybridized carbons (Fsp3) is 0.600. The summed E-state index contributed by atoms with van der Waals surface area (Å²) >= 11 is 5.83. The fourth-order valence-electron chi connectivity index (χ4n) is 1.86. The second-order valence-corrected chi connectivity index (χ2v) is 4.10. The number of halogens is 1. The predicted octanol–water partition coefficient (Wildman–Crippen LogP) is 2.51. The summed E-state index contributed by atoms with van der Waals surface area (Å²) in [6, 6.07) is 2.24. The maximum atomic E-state index is 5.83. The lowest BCUT2D eigenvalue weighted by atomic mass is 10.0. The molecule has 1 unspecified atom stereocenters. The SMILES string of the molecule is CC1CCCCN1c1nccc(Cl)n1. The van der Waals surface area contributed by atoms with E-state index in [0.29, 0.717) is 11.2 Å². The van der Waals surface area contributed by atoms with Crippen LogP contribution in [0.4, 0.5) is 5.95 Å². The van der Waals surface area contributed by atoms with Crippen LogP contribution in [0.1, 0.15) is 26.2 Å². The van der Waals surface area contributed by atoms with Crippen LogP contribution in [0.15, 0.2) is 12.3 Å². The molecule has 76 valence electrons. The Hall–Kier alpha value is -0.830. The number of aromatic nitrogens is 2. The van der Waals surface area contributed by atoms with Gasteiger partial charge in [0.05, 0.1) is 0 Å². The van der Waals surface area contributed by atoms with E-state index in [2.05, 4.69) is 21.8 Å². The third kappa shape index (κ3) is 1.98. The molecule has 1 fully saturated rings. The minimum absolute atomic E-state index is 0.521. The molecule has 4 heteroatoms. The van der Waals surface area contributed by atoms with Gasteiger partial charge in [0.25, 0.3) is 0 Å². The largest absolute Gasteiger partial charge is 0.338 e. The van der Waals surface area contributed by atoms with Crippen LogP contribution in [-0.2, 0) is 0 Å². The zero-order valence-electron chi connectivity index (χ0n) is 8.28. The lowest BCUT2D eigenvalue weighted by Crippen LogP contribution is -2.38. The quantitative estimate of drug-likeness (QED) is 0.669. The van der Waals surface area contributed by atoms with Gasteiger partial charge in [-0.3, -0.25) is 0 Å². The Balaban J connectivity index is 2.20. The lowest BCUT2D eigenvalue weighted by molar-refractivity contribution is 0.477. The van der Waals surface area contributed by atoms with Gasteiger partial charge in [0.2, 0.25) is 5.95 Å². The molecule has 0 N–H and O–H groups in total. The molecule has 14 heavy (non-hydrogen) atoms. The van der Waals surface area contributed by atoms with Crippen molar-refractivity contribution in [2.75, 3.05) is 11.4 Å². The van der Waals surface area contributed by atoms with Crippen molar-refractivity contribution in [1.29, 1.82) is 0 Å². The monoisotopic (exact) mass is 211 g/mol. The highest BCUT2D eigenvalue weighted by Gasteiger charge is 2.20. The van der Waals surface area contributed by atoms with E-state index in [1.807, 2.05) is 0 Å². The summed E-state index contributed by atoms with van der Waals surface area (Å²) in [6.07, 6.45) is 5.46. The Morgan fingerprint density at radius 1 is 1.50 bits per heavy atom. The molecule has 1 saturated heterocycles. The molecular weight excluding hydrogens is 198 g/mol. The van der Waals surface area contributed by atoms with Crippen LogP contribution in [0, 0.1) is 0 Å². The molecule has 1 aromatic heterocycles. The van der Waals surface area contributed by atoms with E-state index in [1.54, 1.807) is 12.3 Å². The first-order valence-electron chi connectivity index (χ1n) is 5.02. The van der Waals surface area contributed by atoms with Crippen molar-refractivity contribution in [3.8, 4) is 0 Å². The third-order valence-electron chi connectivity index (χ3n) is 2.67. The van der Waals surface area contributed by atoms with Crippen LogP contribution in [0.3, 0.4) is 0 Å². The highest BCUT2D eigenvalue weighted by atomic mass is 35.5. The first-order valence-corrected chi connectivity index (χ1v) is 5.40. The molecule has 0 aliphatic carbocycles. The summed E-state index contributed by atoms with van der Waals surface area (Å²) in [4.78, 5) is 10.7. The van der Waals surface area contributed by atoms with Crippen molar-refractivity contribution >= 4 is 17.5 Å². The molecule has 1 atom stereocenters. The number of nitrogens with zero attached hydrogens (tertiary/aromatic N) is 3. The van der Waals surface area contributed by atoms with E-state index < -0.39 is 0 Å². The van der Waals surface area contributed by atoms with Gasteiger partial charge in [-0.05, 0) is 32.3 Å². The molecule has 3 nitrogen and oxygen atoms in total. The summed E-state index contributed by atoms with van der Waals surface area (Å²) in [7, 11) is 0. The van der Waals surface area contributed by atoms with Gasteiger partial charge in [0.15, 0.2) is 0 Å². The highest BCUT2D eigenvalue weighted by Crippen LogP contribution is 2.21. The van der Waals surface area contributed by atoms with Crippen molar-refractivity contribution in [2.24, 2.45) is 0 Å². The first kappa shape index (κ1) is 9.71. The zero-order valence-corrected chi connectivity index (χ0v) is 9.04. The fourth-order valence-corrected chi connectivity index (χ4v) is 1.99. The summed E-state index contributed by atoms with van der Waals surface area (Å²) in [5, 5.41) is 0.521. The topological polar surface area (TPSA) is 29.0 Å². The summed E-state index contributed by atoms with van der Waals surface area (Å²) in [5.74, 6) is 0.768. The maximum Gasteiger partial charge on any atom is 0.226 e. The first-order chi connectivity index (χ1) is 6.77. The number of rotatable bonds is 1. The van der Waals surface area contributed by atoms with E-state index in [9.17, 15) is 0 Å². The number of anilines is 1. The Morgan fingerprint density at radius 2 is 2.36 bits per heavy atom. The van der Waals surface area contributed by atoms with Gasteiger partial charge in [-0.25, -0.2) is 9.97 Å². The molecule has 1 aliphatic rings. The number of hydrogen-bond acceptors (Lipinski definition) is 3. The van der Waals surface area contributed by atoms with Crippen molar-refractivity contribution in [3.63, 3.8) is 0 Å².